The van der Waals surface area contributed by atoms with E-state index in [1.54, 1.807) is 15.3 Å². The first-order valence-corrected chi connectivity index (χ1v) is 7.81. The van der Waals surface area contributed by atoms with Crippen molar-refractivity contribution in [3.8, 4) is 0 Å². The zero-order valence-corrected chi connectivity index (χ0v) is 11.5. The molecule has 18 heavy (non-hydrogen) atoms. The lowest BCUT2D eigenvalue weighted by Crippen LogP contribution is -2.46. The van der Waals surface area contributed by atoms with Crippen LogP contribution in [0.3, 0.4) is 0 Å². The standard InChI is InChI=1S/C14H20N2OS/c1-4-15-8-11-7-12(18-13(1)11)9-16-5-6-17-10-14(16)2-3-14/h7,15H,1-6,8-10H2. The molecular weight excluding hydrogens is 244 g/mol. The highest BCUT2D eigenvalue weighted by Gasteiger charge is 2.49. The molecule has 0 unspecified atom stereocenters. The number of fused-ring (bicyclic) bond motifs is 1. The van der Waals surface area contributed by atoms with Crippen LogP contribution in [-0.2, 0) is 24.2 Å². The van der Waals surface area contributed by atoms with Gasteiger partial charge in [-0.3, -0.25) is 4.90 Å². The first-order chi connectivity index (χ1) is 8.86. The fourth-order valence-corrected chi connectivity index (χ4v) is 4.40. The van der Waals surface area contributed by atoms with Crippen molar-refractivity contribution in [3.63, 3.8) is 0 Å². The molecule has 3 aliphatic rings. The molecule has 3 nitrogen and oxygen atoms in total. The molecule has 98 valence electrons. The Hall–Kier alpha value is -0.420. The van der Waals surface area contributed by atoms with E-state index in [-0.39, 0.29) is 0 Å². The Kier molecular flexibility index (Phi) is 2.73. The maximum atomic E-state index is 5.65. The molecule has 0 aromatic carbocycles. The van der Waals surface area contributed by atoms with Crippen molar-refractivity contribution in [2.45, 2.75) is 37.9 Å². The van der Waals surface area contributed by atoms with E-state index in [2.05, 4.69) is 16.3 Å². The SMILES string of the molecule is c1c(CN2CCOCC23CC3)sc2c1CNCC2. The molecular formula is C14H20N2OS. The maximum absolute atomic E-state index is 5.65. The third kappa shape index (κ3) is 1.92. The summed E-state index contributed by atoms with van der Waals surface area (Å²) in [6, 6.07) is 2.43. The van der Waals surface area contributed by atoms with Crippen LogP contribution < -0.4 is 5.32 Å². The summed E-state index contributed by atoms with van der Waals surface area (Å²) in [5.41, 5.74) is 1.96. The zero-order valence-electron chi connectivity index (χ0n) is 10.7. The Morgan fingerprint density at radius 3 is 3.22 bits per heavy atom. The smallest absolute Gasteiger partial charge is 0.0651 e. The Bertz CT molecular complexity index is 429. The average Bonchev–Trinajstić information content (AvgIpc) is 3.03. The van der Waals surface area contributed by atoms with Crippen molar-refractivity contribution in [1.29, 1.82) is 0 Å². The number of thiophene rings is 1. The van der Waals surface area contributed by atoms with Gasteiger partial charge < -0.3 is 10.1 Å². The molecule has 1 aromatic rings. The Morgan fingerprint density at radius 2 is 2.39 bits per heavy atom. The first kappa shape index (κ1) is 11.4. The van der Waals surface area contributed by atoms with Crippen molar-refractivity contribution in [1.82, 2.24) is 10.2 Å². The van der Waals surface area contributed by atoms with Crippen molar-refractivity contribution >= 4 is 11.3 Å². The molecule has 1 aliphatic carbocycles. The predicted octanol–water partition coefficient (Wildman–Crippen LogP) is 1.76. The van der Waals surface area contributed by atoms with Crippen LogP contribution in [0.15, 0.2) is 6.07 Å². The minimum atomic E-state index is 0.418. The molecule has 1 saturated heterocycles. The second kappa shape index (κ2) is 4.30. The molecule has 2 aliphatic heterocycles. The van der Waals surface area contributed by atoms with E-state index in [9.17, 15) is 0 Å². The van der Waals surface area contributed by atoms with Gasteiger partial charge in [0.2, 0.25) is 0 Å². The van der Waals surface area contributed by atoms with Gasteiger partial charge in [0.15, 0.2) is 0 Å². The van der Waals surface area contributed by atoms with E-state index < -0.39 is 0 Å². The van der Waals surface area contributed by atoms with Gasteiger partial charge >= 0.3 is 0 Å². The summed E-state index contributed by atoms with van der Waals surface area (Å²) in [6.45, 7) is 6.34. The van der Waals surface area contributed by atoms with Crippen molar-refractivity contribution in [3.05, 3.63) is 21.4 Å². The van der Waals surface area contributed by atoms with Crippen molar-refractivity contribution in [2.24, 2.45) is 0 Å². The average molecular weight is 264 g/mol. The van der Waals surface area contributed by atoms with Gasteiger partial charge in [-0.05, 0) is 30.9 Å². The van der Waals surface area contributed by atoms with Gasteiger partial charge in [0.05, 0.1) is 13.2 Å². The highest BCUT2D eigenvalue weighted by atomic mass is 32.1. The predicted molar refractivity (Wildman–Crippen MR) is 72.9 cm³/mol. The van der Waals surface area contributed by atoms with Gasteiger partial charge in [-0.15, -0.1) is 11.3 Å². The fraction of sp³-hybridized carbons (Fsp3) is 0.714. The monoisotopic (exact) mass is 264 g/mol. The van der Waals surface area contributed by atoms with Crippen LogP contribution >= 0.6 is 11.3 Å². The lowest BCUT2D eigenvalue weighted by Gasteiger charge is -2.35. The molecule has 3 heterocycles. The Balaban J connectivity index is 1.52. The van der Waals surface area contributed by atoms with E-state index in [0.29, 0.717) is 5.54 Å². The van der Waals surface area contributed by atoms with Crippen LogP contribution in [0.25, 0.3) is 0 Å². The lowest BCUT2D eigenvalue weighted by molar-refractivity contribution is -0.0240. The van der Waals surface area contributed by atoms with Crippen LogP contribution in [-0.4, -0.2) is 36.7 Å². The quantitative estimate of drug-likeness (QED) is 0.881. The zero-order chi connectivity index (χ0) is 12.0. The van der Waals surface area contributed by atoms with Crippen LogP contribution in [0.1, 0.15) is 28.2 Å². The first-order valence-electron chi connectivity index (χ1n) is 7.00. The summed E-state index contributed by atoms with van der Waals surface area (Å²) in [4.78, 5) is 5.83. The van der Waals surface area contributed by atoms with Crippen LogP contribution in [0.5, 0.6) is 0 Å². The van der Waals surface area contributed by atoms with Crippen molar-refractivity contribution < 1.29 is 4.74 Å². The largest absolute Gasteiger partial charge is 0.378 e. The van der Waals surface area contributed by atoms with Gasteiger partial charge in [0.1, 0.15) is 0 Å². The molecule has 2 fully saturated rings. The minimum absolute atomic E-state index is 0.418. The molecule has 0 radical (unpaired) electrons. The maximum Gasteiger partial charge on any atom is 0.0651 e. The van der Waals surface area contributed by atoms with Crippen molar-refractivity contribution in [2.75, 3.05) is 26.3 Å². The second-order valence-corrected chi connectivity index (χ2v) is 7.01. The number of hydrogen-bond acceptors (Lipinski definition) is 4. The van der Waals surface area contributed by atoms with Gasteiger partial charge in [-0.2, -0.15) is 0 Å². The van der Waals surface area contributed by atoms with Crippen LogP contribution in [0.2, 0.25) is 0 Å². The topological polar surface area (TPSA) is 24.5 Å². The minimum Gasteiger partial charge on any atom is -0.378 e. The summed E-state index contributed by atoms with van der Waals surface area (Å²) >= 11 is 2.04. The summed E-state index contributed by atoms with van der Waals surface area (Å²) < 4.78 is 5.65. The Labute approximate surface area is 112 Å². The number of ether oxygens (including phenoxy) is 1. The fourth-order valence-electron chi connectivity index (χ4n) is 3.20. The Morgan fingerprint density at radius 1 is 1.44 bits per heavy atom. The summed E-state index contributed by atoms with van der Waals surface area (Å²) in [5.74, 6) is 0. The van der Waals surface area contributed by atoms with E-state index in [0.717, 1.165) is 39.4 Å². The summed E-state index contributed by atoms with van der Waals surface area (Å²) in [6.07, 6.45) is 3.88. The summed E-state index contributed by atoms with van der Waals surface area (Å²) in [7, 11) is 0. The highest BCUT2D eigenvalue weighted by molar-refractivity contribution is 7.12. The molecule has 1 aromatic heterocycles. The van der Waals surface area contributed by atoms with Gasteiger partial charge in [-0.1, -0.05) is 0 Å². The molecule has 1 spiro atoms. The van der Waals surface area contributed by atoms with Gasteiger partial charge in [0.25, 0.3) is 0 Å². The van der Waals surface area contributed by atoms with Gasteiger partial charge in [-0.25, -0.2) is 0 Å². The molecule has 4 rings (SSSR count). The van der Waals surface area contributed by atoms with Crippen LogP contribution in [0.4, 0.5) is 0 Å². The molecule has 4 heteroatoms. The highest BCUT2D eigenvalue weighted by Crippen LogP contribution is 2.44. The van der Waals surface area contributed by atoms with E-state index >= 15 is 0 Å². The third-order valence-corrected chi connectivity index (χ3v) is 5.73. The number of hydrogen-bond donors (Lipinski definition) is 1. The second-order valence-electron chi connectivity index (χ2n) is 5.79. The van der Waals surface area contributed by atoms with Crippen LogP contribution in [0, 0.1) is 0 Å². The molecule has 1 N–H and O–H groups in total. The molecule has 0 bridgehead atoms. The van der Waals surface area contributed by atoms with E-state index in [1.807, 2.05) is 11.3 Å². The third-order valence-electron chi connectivity index (χ3n) is 4.51. The summed E-state index contributed by atoms with van der Waals surface area (Å²) in [5, 5.41) is 3.46. The van der Waals surface area contributed by atoms with E-state index in [1.165, 1.54) is 19.3 Å². The normalized spacial score (nSPS) is 26.2. The molecule has 0 atom stereocenters. The number of rotatable bonds is 2. The molecule has 1 saturated carbocycles. The number of nitrogens with one attached hydrogen (secondary N) is 1. The lowest BCUT2D eigenvalue weighted by atomic mass is 10.1. The molecule has 0 amide bonds. The number of nitrogens with zero attached hydrogens (tertiary/aromatic N) is 1. The van der Waals surface area contributed by atoms with Gasteiger partial charge in [0, 0.05) is 41.5 Å². The number of morpholine rings is 1. The van der Waals surface area contributed by atoms with E-state index in [4.69, 9.17) is 4.74 Å².